The van der Waals surface area contributed by atoms with E-state index in [2.05, 4.69) is 4.98 Å². The fraction of sp³-hybridized carbons (Fsp3) is 0.368. The zero-order valence-corrected chi connectivity index (χ0v) is 18.8. The van der Waals surface area contributed by atoms with Crippen molar-refractivity contribution in [3.8, 4) is 0 Å². The molecule has 2 aromatic rings. The Hall–Kier alpha value is -2.44. The van der Waals surface area contributed by atoms with Crippen molar-refractivity contribution in [3.05, 3.63) is 52.4 Å². The minimum Gasteiger partial charge on any atom is -0.314 e. The lowest BCUT2D eigenvalue weighted by atomic mass is 10.2. The maximum atomic E-state index is 13.5. The van der Waals surface area contributed by atoms with Gasteiger partial charge >= 0.3 is 16.4 Å². The van der Waals surface area contributed by atoms with Crippen molar-refractivity contribution in [3.63, 3.8) is 0 Å². The molecule has 0 radical (unpaired) electrons. The van der Waals surface area contributed by atoms with Crippen LogP contribution >= 0.6 is 11.6 Å². The molecule has 0 bridgehead atoms. The minimum atomic E-state index is -4.74. The first-order valence-electron chi connectivity index (χ1n) is 9.35. The van der Waals surface area contributed by atoms with E-state index in [1.54, 1.807) is 0 Å². The maximum absolute atomic E-state index is 13.5. The van der Waals surface area contributed by atoms with Gasteiger partial charge in [-0.3, -0.25) is 4.79 Å². The van der Waals surface area contributed by atoms with Crippen LogP contribution in [0.4, 0.5) is 29.1 Å². The number of likely N-dealkylation sites (N-methyl/N-ethyl adjacent to an activating group) is 2. The highest BCUT2D eigenvalue weighted by Crippen LogP contribution is 2.35. The number of anilines is 2. The topological polar surface area (TPSA) is 73.8 Å². The second-order valence-corrected chi connectivity index (χ2v) is 9.33. The normalized spacial score (nSPS) is 18.8. The predicted molar refractivity (Wildman–Crippen MR) is 111 cm³/mol. The molecule has 1 amide bonds. The molecule has 174 valence electrons. The first-order valence-corrected chi connectivity index (χ1v) is 11.1. The van der Waals surface area contributed by atoms with Crippen molar-refractivity contribution >= 4 is 39.2 Å². The number of alkyl halides is 3. The molecular weight excluding hydrogens is 476 g/mol. The molecule has 0 N–H and O–H groups in total. The summed E-state index contributed by atoms with van der Waals surface area (Å²) in [5, 5.41) is -0.247. The Bertz CT molecular complexity index is 1160. The number of aryl methyl sites for hydroxylation is 1. The third kappa shape index (κ3) is 4.39. The molecule has 3 rings (SSSR count). The van der Waals surface area contributed by atoms with Gasteiger partial charge in [-0.1, -0.05) is 18.5 Å². The average Bonchev–Trinajstić information content (AvgIpc) is 2.97. The summed E-state index contributed by atoms with van der Waals surface area (Å²) < 4.78 is 81.1. The molecule has 0 aliphatic carbocycles. The Kier molecular flexibility index (Phi) is 6.42. The summed E-state index contributed by atoms with van der Waals surface area (Å²) in [4.78, 5) is 18.3. The van der Waals surface area contributed by atoms with Crippen LogP contribution in [0.5, 0.6) is 0 Å². The van der Waals surface area contributed by atoms with Crippen molar-refractivity contribution in [2.24, 2.45) is 0 Å². The van der Waals surface area contributed by atoms with Crippen LogP contribution in [0.3, 0.4) is 0 Å². The van der Waals surface area contributed by atoms with Crippen LogP contribution in [0.2, 0.25) is 5.02 Å². The second-order valence-electron chi connectivity index (χ2n) is 7.12. The largest absolute Gasteiger partial charge is 0.416 e. The second kappa shape index (κ2) is 8.49. The molecule has 32 heavy (non-hydrogen) atoms. The van der Waals surface area contributed by atoms with E-state index in [9.17, 15) is 30.8 Å². The molecule has 2 heterocycles. The number of amides is 1. The highest BCUT2D eigenvalue weighted by molar-refractivity contribution is 7.90. The van der Waals surface area contributed by atoms with E-state index in [4.69, 9.17) is 11.6 Å². The molecule has 1 aliphatic rings. The Balaban J connectivity index is 2.09. The van der Waals surface area contributed by atoms with Gasteiger partial charge in [0.05, 0.1) is 10.6 Å². The highest BCUT2D eigenvalue weighted by Gasteiger charge is 2.49. The van der Waals surface area contributed by atoms with Crippen LogP contribution in [-0.2, 0) is 21.2 Å². The molecule has 1 aromatic heterocycles. The third-order valence-corrected chi connectivity index (χ3v) is 7.27. The number of carbonyl (C=O) groups excluding carboxylic acids is 1. The number of aromatic nitrogens is 1. The lowest BCUT2D eigenvalue weighted by molar-refractivity contribution is -0.137. The van der Waals surface area contributed by atoms with Gasteiger partial charge in [0, 0.05) is 31.5 Å². The average molecular weight is 495 g/mol. The standard InChI is InChI=1S/C19H19ClF4N4O3S/c1-4-27-10-16(18(29)26(3)13-5-6-15(21)14(20)9-13)28(32(27,30)31)17-8-12(19(22,23)24)7-11(2)25-17/h5-9,16H,4,10H2,1-3H3/t16-/m0/s1. The van der Waals surface area contributed by atoms with Gasteiger partial charge in [-0.05, 0) is 37.3 Å². The Labute approximate surface area is 187 Å². The smallest absolute Gasteiger partial charge is 0.314 e. The van der Waals surface area contributed by atoms with Crippen molar-refractivity contribution < 1.29 is 30.8 Å². The molecule has 1 atom stereocenters. The van der Waals surface area contributed by atoms with Crippen LogP contribution in [0.15, 0.2) is 30.3 Å². The molecule has 0 saturated carbocycles. The summed E-state index contributed by atoms with van der Waals surface area (Å²) in [5.41, 5.74) is -0.971. The molecule has 1 fully saturated rings. The lowest BCUT2D eigenvalue weighted by Crippen LogP contribution is -2.47. The fourth-order valence-corrected chi connectivity index (χ4v) is 5.25. The molecule has 7 nitrogen and oxygen atoms in total. The number of pyridine rings is 1. The Morgan fingerprint density at radius 3 is 2.50 bits per heavy atom. The number of hydrogen-bond acceptors (Lipinski definition) is 4. The van der Waals surface area contributed by atoms with Crippen LogP contribution in [0.1, 0.15) is 18.2 Å². The number of hydrogen-bond donors (Lipinski definition) is 0. The third-order valence-electron chi connectivity index (χ3n) is 4.99. The number of nitrogens with zero attached hydrogens (tertiary/aromatic N) is 4. The monoisotopic (exact) mass is 494 g/mol. The van der Waals surface area contributed by atoms with Gasteiger partial charge in [0.1, 0.15) is 17.7 Å². The van der Waals surface area contributed by atoms with E-state index in [1.807, 2.05) is 0 Å². The molecule has 1 saturated heterocycles. The molecule has 0 spiro atoms. The molecule has 1 aromatic carbocycles. The van der Waals surface area contributed by atoms with Crippen LogP contribution in [0, 0.1) is 12.7 Å². The van der Waals surface area contributed by atoms with Crippen LogP contribution in [0.25, 0.3) is 0 Å². The SMILES string of the molecule is CCN1C[C@@H](C(=O)N(C)c2ccc(F)c(Cl)c2)N(c2cc(C(F)(F)F)cc(C)n2)S1(=O)=O. The van der Waals surface area contributed by atoms with E-state index >= 15 is 0 Å². The van der Waals surface area contributed by atoms with Gasteiger partial charge in [-0.25, -0.2) is 13.7 Å². The molecule has 1 aliphatic heterocycles. The van der Waals surface area contributed by atoms with Gasteiger partial charge < -0.3 is 4.90 Å². The molecule has 13 heteroatoms. The van der Waals surface area contributed by atoms with Gasteiger partial charge in [0.25, 0.3) is 5.91 Å². The van der Waals surface area contributed by atoms with E-state index in [0.29, 0.717) is 10.4 Å². The number of carbonyl (C=O) groups is 1. The van der Waals surface area contributed by atoms with Gasteiger partial charge in [-0.15, -0.1) is 0 Å². The summed E-state index contributed by atoms with van der Waals surface area (Å²) in [7, 11) is -3.00. The first-order chi connectivity index (χ1) is 14.8. The summed E-state index contributed by atoms with van der Waals surface area (Å²) in [6, 6.07) is 3.49. The zero-order chi connectivity index (χ0) is 24.0. The predicted octanol–water partition coefficient (Wildman–Crippen LogP) is 3.62. The van der Waals surface area contributed by atoms with Gasteiger partial charge in [-0.2, -0.15) is 25.9 Å². The lowest BCUT2D eigenvalue weighted by Gasteiger charge is -2.27. The van der Waals surface area contributed by atoms with E-state index < -0.39 is 45.5 Å². The van der Waals surface area contributed by atoms with Crippen LogP contribution in [-0.4, -0.2) is 49.8 Å². The van der Waals surface area contributed by atoms with Crippen molar-refractivity contribution in [2.75, 3.05) is 29.3 Å². The van der Waals surface area contributed by atoms with Gasteiger partial charge in [0.2, 0.25) is 0 Å². The number of benzene rings is 1. The van der Waals surface area contributed by atoms with Crippen molar-refractivity contribution in [2.45, 2.75) is 26.1 Å². The van der Waals surface area contributed by atoms with Crippen molar-refractivity contribution in [1.29, 1.82) is 0 Å². The first kappa shape index (κ1) is 24.2. The fourth-order valence-electron chi connectivity index (χ4n) is 3.37. The van der Waals surface area contributed by atoms with E-state index in [1.165, 1.54) is 33.0 Å². The summed E-state index contributed by atoms with van der Waals surface area (Å²) >= 11 is 5.77. The number of rotatable bonds is 4. The summed E-state index contributed by atoms with van der Waals surface area (Å²) in [6.45, 7) is 2.53. The zero-order valence-electron chi connectivity index (χ0n) is 17.2. The number of halogens is 5. The van der Waals surface area contributed by atoms with Crippen LogP contribution < -0.4 is 9.21 Å². The van der Waals surface area contributed by atoms with E-state index in [0.717, 1.165) is 21.3 Å². The highest BCUT2D eigenvalue weighted by atomic mass is 35.5. The Morgan fingerprint density at radius 1 is 1.28 bits per heavy atom. The summed E-state index contributed by atoms with van der Waals surface area (Å²) in [5.74, 6) is -1.97. The quantitative estimate of drug-likeness (QED) is 0.609. The minimum absolute atomic E-state index is 0.00729. The maximum Gasteiger partial charge on any atom is 0.416 e. The van der Waals surface area contributed by atoms with E-state index in [-0.39, 0.29) is 29.5 Å². The Morgan fingerprint density at radius 2 is 1.94 bits per heavy atom. The van der Waals surface area contributed by atoms with Gasteiger partial charge in [0.15, 0.2) is 0 Å². The molecule has 0 unspecified atom stereocenters. The molecular formula is C19H19ClF4N4O3S. The summed E-state index contributed by atoms with van der Waals surface area (Å²) in [6.07, 6.45) is -4.74. The van der Waals surface area contributed by atoms with Crippen molar-refractivity contribution in [1.82, 2.24) is 9.29 Å².